The molecule has 0 unspecified atom stereocenters. The number of hydrogen-bond donors (Lipinski definition) is 1. The number of ether oxygens (including phenoxy) is 1. The van der Waals surface area contributed by atoms with Crippen LogP contribution in [0.2, 0.25) is 0 Å². The van der Waals surface area contributed by atoms with Crippen molar-refractivity contribution in [3.63, 3.8) is 0 Å². The zero-order valence-electron chi connectivity index (χ0n) is 18.1. The number of nitrogens with zero attached hydrogens (tertiary/aromatic N) is 2. The maximum atomic E-state index is 12.1. The number of carbonyl (C=O) groups excluding carboxylic acids is 1. The Hall–Kier alpha value is -3.56. The molecule has 160 valence electrons. The highest BCUT2D eigenvalue weighted by Crippen LogP contribution is 2.29. The Morgan fingerprint density at radius 2 is 1.87 bits per heavy atom. The van der Waals surface area contributed by atoms with Crippen LogP contribution < -0.4 is 10.2 Å². The summed E-state index contributed by atoms with van der Waals surface area (Å²) in [6, 6.07) is 18.1. The number of hydrogen-bond acceptors (Lipinski definition) is 5. The van der Waals surface area contributed by atoms with Crippen LogP contribution in [0, 0.1) is 11.3 Å². The largest absolute Gasteiger partial charge is 0.457 e. The van der Waals surface area contributed by atoms with E-state index in [1.54, 1.807) is 13.2 Å². The van der Waals surface area contributed by atoms with Crippen molar-refractivity contribution in [1.82, 2.24) is 5.32 Å². The van der Waals surface area contributed by atoms with Gasteiger partial charge in [-0.15, -0.1) is 0 Å². The number of rotatable bonds is 9. The summed E-state index contributed by atoms with van der Waals surface area (Å²) in [6.07, 6.45) is 1.45. The van der Waals surface area contributed by atoms with Crippen LogP contribution in [0.15, 0.2) is 58.5 Å². The maximum Gasteiger partial charge on any atom is 0.262 e. The molecule has 1 N–H and O–H groups in total. The number of carbonyl (C=O) groups is 1. The fourth-order valence-electron chi connectivity index (χ4n) is 3.41. The van der Waals surface area contributed by atoms with Crippen molar-refractivity contribution >= 4 is 28.4 Å². The van der Waals surface area contributed by atoms with Crippen molar-refractivity contribution in [2.45, 2.75) is 13.8 Å². The lowest BCUT2D eigenvalue weighted by Crippen LogP contribution is -2.27. The number of anilines is 1. The highest BCUT2D eigenvalue weighted by molar-refractivity contribution is 6.01. The van der Waals surface area contributed by atoms with Gasteiger partial charge in [-0.2, -0.15) is 5.26 Å². The van der Waals surface area contributed by atoms with Gasteiger partial charge in [-0.3, -0.25) is 4.79 Å². The number of furan rings is 1. The molecule has 0 aliphatic carbocycles. The van der Waals surface area contributed by atoms with Gasteiger partial charge in [0.05, 0.1) is 6.61 Å². The average molecular weight is 418 g/mol. The molecule has 2 aromatic carbocycles. The molecule has 31 heavy (non-hydrogen) atoms. The summed E-state index contributed by atoms with van der Waals surface area (Å²) in [5.41, 5.74) is 2.13. The SMILES string of the molecule is CCN(CC)c1ccc2cc(-c3ccc(/C=C(\C#N)C(=O)NCCOC)o3)ccc2c1. The van der Waals surface area contributed by atoms with E-state index in [0.29, 0.717) is 24.7 Å². The van der Waals surface area contributed by atoms with Gasteiger partial charge in [0, 0.05) is 44.1 Å². The molecular weight excluding hydrogens is 390 g/mol. The summed E-state index contributed by atoms with van der Waals surface area (Å²) in [5, 5.41) is 14.2. The van der Waals surface area contributed by atoms with E-state index in [1.807, 2.05) is 18.2 Å². The molecule has 3 aromatic rings. The number of methoxy groups -OCH3 is 1. The third-order valence-corrected chi connectivity index (χ3v) is 5.11. The number of nitrogens with one attached hydrogen (secondary N) is 1. The van der Waals surface area contributed by atoms with Gasteiger partial charge in [0.1, 0.15) is 23.2 Å². The van der Waals surface area contributed by atoms with Crippen LogP contribution in [-0.2, 0) is 9.53 Å². The van der Waals surface area contributed by atoms with Gasteiger partial charge in [0.2, 0.25) is 0 Å². The minimum Gasteiger partial charge on any atom is -0.457 e. The number of nitriles is 1. The van der Waals surface area contributed by atoms with Crippen LogP contribution >= 0.6 is 0 Å². The van der Waals surface area contributed by atoms with Crippen molar-refractivity contribution < 1.29 is 13.9 Å². The Labute approximate surface area is 182 Å². The number of fused-ring (bicyclic) bond motifs is 1. The standard InChI is InChI=1S/C25H27N3O3/c1-4-28(5-2)22-9-8-18-14-20(7-6-19(18)15-22)24-11-10-23(31-24)16-21(17-26)25(29)27-12-13-30-3/h6-11,14-16H,4-5,12-13H2,1-3H3,(H,27,29)/b21-16+. The average Bonchev–Trinajstić information content (AvgIpc) is 3.26. The molecule has 0 aliphatic rings. The van der Waals surface area contributed by atoms with Crippen molar-refractivity contribution in [2.24, 2.45) is 0 Å². The second-order valence-electron chi connectivity index (χ2n) is 7.04. The molecule has 1 amide bonds. The Balaban J connectivity index is 1.82. The normalized spacial score (nSPS) is 11.4. The van der Waals surface area contributed by atoms with Crippen molar-refractivity contribution in [2.75, 3.05) is 38.3 Å². The van der Waals surface area contributed by atoms with Gasteiger partial charge in [-0.05, 0) is 55.0 Å². The quantitative estimate of drug-likeness (QED) is 0.312. The highest BCUT2D eigenvalue weighted by Gasteiger charge is 2.11. The lowest BCUT2D eigenvalue weighted by Gasteiger charge is -2.21. The van der Waals surface area contributed by atoms with Crippen LogP contribution in [0.4, 0.5) is 5.69 Å². The Morgan fingerprint density at radius 1 is 1.13 bits per heavy atom. The maximum absolute atomic E-state index is 12.1. The van der Waals surface area contributed by atoms with Gasteiger partial charge < -0.3 is 19.4 Å². The summed E-state index contributed by atoms with van der Waals surface area (Å²) in [6.45, 7) is 6.97. The fourth-order valence-corrected chi connectivity index (χ4v) is 3.41. The van der Waals surface area contributed by atoms with Gasteiger partial charge >= 0.3 is 0 Å². The molecule has 1 heterocycles. The van der Waals surface area contributed by atoms with Crippen LogP contribution in [0.1, 0.15) is 19.6 Å². The van der Waals surface area contributed by atoms with E-state index >= 15 is 0 Å². The first-order valence-electron chi connectivity index (χ1n) is 10.4. The third kappa shape index (κ3) is 5.33. The molecule has 6 heteroatoms. The van der Waals surface area contributed by atoms with E-state index in [-0.39, 0.29) is 5.57 Å². The topological polar surface area (TPSA) is 78.5 Å². The molecule has 1 aromatic heterocycles. The van der Waals surface area contributed by atoms with Crippen molar-refractivity contribution in [3.05, 3.63) is 59.9 Å². The molecule has 0 radical (unpaired) electrons. The van der Waals surface area contributed by atoms with E-state index in [0.717, 1.165) is 24.0 Å². The smallest absolute Gasteiger partial charge is 0.262 e. The first kappa shape index (κ1) is 22.1. The summed E-state index contributed by atoms with van der Waals surface area (Å²) in [7, 11) is 1.55. The van der Waals surface area contributed by atoms with Crippen LogP contribution in [0.5, 0.6) is 0 Å². The molecule has 6 nitrogen and oxygen atoms in total. The summed E-state index contributed by atoms with van der Waals surface area (Å²) in [4.78, 5) is 14.4. The van der Waals surface area contributed by atoms with Crippen molar-refractivity contribution in [3.8, 4) is 17.4 Å². The van der Waals surface area contributed by atoms with E-state index in [9.17, 15) is 10.1 Å². The predicted molar refractivity (Wildman–Crippen MR) is 124 cm³/mol. The molecular formula is C25H27N3O3. The number of benzene rings is 2. The van der Waals surface area contributed by atoms with Crippen LogP contribution in [0.25, 0.3) is 28.2 Å². The monoisotopic (exact) mass is 417 g/mol. The van der Waals surface area contributed by atoms with E-state index < -0.39 is 5.91 Å². The molecule has 0 saturated carbocycles. The summed E-state index contributed by atoms with van der Waals surface area (Å²) < 4.78 is 10.8. The molecule has 3 rings (SSSR count). The summed E-state index contributed by atoms with van der Waals surface area (Å²) in [5.74, 6) is 0.677. The zero-order chi connectivity index (χ0) is 22.2. The lowest BCUT2D eigenvalue weighted by molar-refractivity contribution is -0.117. The third-order valence-electron chi connectivity index (χ3n) is 5.11. The van der Waals surface area contributed by atoms with Gasteiger partial charge in [0.25, 0.3) is 5.91 Å². The number of amides is 1. The first-order chi connectivity index (χ1) is 15.1. The van der Waals surface area contributed by atoms with E-state index in [1.165, 1.54) is 17.1 Å². The fraction of sp³-hybridized carbons (Fsp3) is 0.280. The highest BCUT2D eigenvalue weighted by atomic mass is 16.5. The van der Waals surface area contributed by atoms with Crippen LogP contribution in [-0.4, -0.2) is 39.3 Å². The minimum atomic E-state index is -0.452. The Bertz CT molecular complexity index is 1120. The molecule has 0 fully saturated rings. The summed E-state index contributed by atoms with van der Waals surface area (Å²) >= 11 is 0. The van der Waals surface area contributed by atoms with Crippen LogP contribution in [0.3, 0.4) is 0 Å². The van der Waals surface area contributed by atoms with Crippen molar-refractivity contribution in [1.29, 1.82) is 5.26 Å². The molecule has 0 spiro atoms. The Kier molecular flexibility index (Phi) is 7.47. The molecule has 0 bridgehead atoms. The van der Waals surface area contributed by atoms with Gasteiger partial charge in [-0.25, -0.2) is 0 Å². The minimum absolute atomic E-state index is 0.0144. The van der Waals surface area contributed by atoms with E-state index in [2.05, 4.69) is 54.4 Å². The van der Waals surface area contributed by atoms with Gasteiger partial charge in [-0.1, -0.05) is 18.2 Å². The van der Waals surface area contributed by atoms with Gasteiger partial charge in [0.15, 0.2) is 0 Å². The van der Waals surface area contributed by atoms with E-state index in [4.69, 9.17) is 9.15 Å². The molecule has 0 saturated heterocycles. The lowest BCUT2D eigenvalue weighted by atomic mass is 10.0. The second kappa shape index (κ2) is 10.5. The molecule has 0 atom stereocenters. The first-order valence-corrected chi connectivity index (χ1v) is 10.4. The Morgan fingerprint density at radius 3 is 2.58 bits per heavy atom. The second-order valence-corrected chi connectivity index (χ2v) is 7.04. The molecule has 0 aliphatic heterocycles. The predicted octanol–water partition coefficient (Wildman–Crippen LogP) is 4.62. The zero-order valence-corrected chi connectivity index (χ0v) is 18.1.